The molecule has 2 aromatic rings. The topological polar surface area (TPSA) is 84.5 Å². The number of carbonyl (C=O) groups excluding carboxylic acids is 3. The van der Waals surface area contributed by atoms with Crippen LogP contribution in [0.4, 0.5) is 5.69 Å². The standard InChI is InChI=1S/C24H30N2O4/c1-5-17-7-6-8-20(15-17)26-21(27)16-30-22(28)13-14-25-23(29)18-9-11-19(12-10-18)24(2,3)4/h6-12,15H,5,13-14,16H2,1-4H3,(H,25,29)(H,26,27). The molecular weight excluding hydrogens is 380 g/mol. The van der Waals surface area contributed by atoms with Crippen LogP contribution in [-0.2, 0) is 26.2 Å². The zero-order chi connectivity index (χ0) is 22.1. The summed E-state index contributed by atoms with van der Waals surface area (Å²) in [6.45, 7) is 8.13. The lowest BCUT2D eigenvalue weighted by Gasteiger charge is -2.19. The molecule has 0 aromatic heterocycles. The van der Waals surface area contributed by atoms with E-state index in [1.54, 1.807) is 18.2 Å². The highest BCUT2D eigenvalue weighted by Crippen LogP contribution is 2.22. The number of nitrogens with one attached hydrogen (secondary N) is 2. The summed E-state index contributed by atoms with van der Waals surface area (Å²) in [7, 11) is 0. The molecule has 0 aliphatic heterocycles. The van der Waals surface area contributed by atoms with E-state index in [2.05, 4.69) is 31.4 Å². The largest absolute Gasteiger partial charge is 0.456 e. The Kier molecular flexibility index (Phi) is 8.16. The third-order valence-corrected chi connectivity index (χ3v) is 4.61. The molecule has 6 heteroatoms. The van der Waals surface area contributed by atoms with Crippen molar-refractivity contribution in [3.05, 3.63) is 65.2 Å². The van der Waals surface area contributed by atoms with Crippen molar-refractivity contribution in [3.63, 3.8) is 0 Å². The quantitative estimate of drug-likeness (QED) is 0.648. The number of amides is 2. The van der Waals surface area contributed by atoms with Crippen molar-refractivity contribution < 1.29 is 19.1 Å². The zero-order valence-electron chi connectivity index (χ0n) is 18.1. The monoisotopic (exact) mass is 410 g/mol. The molecule has 0 aliphatic carbocycles. The number of benzene rings is 2. The Morgan fingerprint density at radius 1 is 1.00 bits per heavy atom. The van der Waals surface area contributed by atoms with E-state index in [9.17, 15) is 14.4 Å². The summed E-state index contributed by atoms with van der Waals surface area (Å²) in [6, 6.07) is 14.9. The molecule has 0 radical (unpaired) electrons. The third kappa shape index (κ3) is 7.35. The molecule has 160 valence electrons. The summed E-state index contributed by atoms with van der Waals surface area (Å²) in [5.41, 5.74) is 3.46. The van der Waals surface area contributed by atoms with E-state index in [0.717, 1.165) is 17.5 Å². The van der Waals surface area contributed by atoms with Gasteiger partial charge in [0, 0.05) is 17.8 Å². The fourth-order valence-corrected chi connectivity index (χ4v) is 2.79. The van der Waals surface area contributed by atoms with Gasteiger partial charge in [0.15, 0.2) is 6.61 Å². The van der Waals surface area contributed by atoms with Crippen molar-refractivity contribution >= 4 is 23.5 Å². The summed E-state index contributed by atoms with van der Waals surface area (Å²) < 4.78 is 4.97. The number of ether oxygens (including phenoxy) is 1. The van der Waals surface area contributed by atoms with E-state index in [-0.39, 0.29) is 30.9 Å². The van der Waals surface area contributed by atoms with Crippen LogP contribution < -0.4 is 10.6 Å². The number of anilines is 1. The van der Waals surface area contributed by atoms with Crippen molar-refractivity contribution in [1.82, 2.24) is 5.32 Å². The minimum absolute atomic E-state index is 0.00951. The fraction of sp³-hybridized carbons (Fsp3) is 0.375. The molecule has 0 saturated heterocycles. The molecular formula is C24H30N2O4. The van der Waals surface area contributed by atoms with Crippen LogP contribution in [-0.4, -0.2) is 30.9 Å². The highest BCUT2D eigenvalue weighted by atomic mass is 16.5. The average molecular weight is 411 g/mol. The molecule has 0 aliphatic rings. The van der Waals surface area contributed by atoms with Gasteiger partial charge < -0.3 is 15.4 Å². The molecule has 2 amide bonds. The van der Waals surface area contributed by atoms with Gasteiger partial charge in [0.25, 0.3) is 11.8 Å². The number of esters is 1. The fourth-order valence-electron chi connectivity index (χ4n) is 2.79. The molecule has 0 unspecified atom stereocenters. The van der Waals surface area contributed by atoms with E-state index >= 15 is 0 Å². The van der Waals surface area contributed by atoms with Gasteiger partial charge in [-0.05, 0) is 47.2 Å². The van der Waals surface area contributed by atoms with Crippen molar-refractivity contribution in [1.29, 1.82) is 0 Å². The van der Waals surface area contributed by atoms with Gasteiger partial charge in [0.05, 0.1) is 6.42 Å². The van der Waals surface area contributed by atoms with Crippen LogP contribution in [0.25, 0.3) is 0 Å². The summed E-state index contributed by atoms with van der Waals surface area (Å²) in [5.74, 6) is -1.20. The second-order valence-electron chi connectivity index (χ2n) is 8.10. The molecule has 0 saturated carbocycles. The molecule has 0 bridgehead atoms. The first kappa shape index (κ1) is 23.1. The van der Waals surface area contributed by atoms with Crippen LogP contribution in [0.1, 0.15) is 55.6 Å². The zero-order valence-corrected chi connectivity index (χ0v) is 18.1. The first-order valence-corrected chi connectivity index (χ1v) is 10.1. The molecule has 2 N–H and O–H groups in total. The molecule has 0 atom stereocenters. The highest BCUT2D eigenvalue weighted by molar-refractivity contribution is 5.94. The van der Waals surface area contributed by atoms with Crippen molar-refractivity contribution in [3.8, 4) is 0 Å². The molecule has 6 nitrogen and oxygen atoms in total. The van der Waals surface area contributed by atoms with Crippen molar-refractivity contribution in [2.75, 3.05) is 18.5 Å². The SMILES string of the molecule is CCc1cccc(NC(=O)COC(=O)CCNC(=O)c2ccc(C(C)(C)C)cc2)c1. The lowest BCUT2D eigenvalue weighted by atomic mass is 9.87. The third-order valence-electron chi connectivity index (χ3n) is 4.61. The highest BCUT2D eigenvalue weighted by Gasteiger charge is 2.14. The first-order chi connectivity index (χ1) is 14.2. The molecule has 0 fully saturated rings. The number of hydrogen-bond donors (Lipinski definition) is 2. The minimum atomic E-state index is -0.546. The molecule has 2 aromatic carbocycles. The van der Waals surface area contributed by atoms with Gasteiger partial charge >= 0.3 is 5.97 Å². The molecule has 30 heavy (non-hydrogen) atoms. The first-order valence-electron chi connectivity index (χ1n) is 10.1. The van der Waals surface area contributed by atoms with Gasteiger partial charge in [-0.25, -0.2) is 0 Å². The Morgan fingerprint density at radius 2 is 1.70 bits per heavy atom. The van der Waals surface area contributed by atoms with Gasteiger partial charge in [-0.1, -0.05) is 52.0 Å². The van der Waals surface area contributed by atoms with Crippen LogP contribution in [0.2, 0.25) is 0 Å². The van der Waals surface area contributed by atoms with E-state index < -0.39 is 11.9 Å². The summed E-state index contributed by atoms with van der Waals surface area (Å²) in [4.78, 5) is 35.9. The molecule has 2 rings (SSSR count). The maximum absolute atomic E-state index is 12.2. The van der Waals surface area contributed by atoms with Gasteiger partial charge in [0.1, 0.15) is 0 Å². The minimum Gasteiger partial charge on any atom is -0.456 e. The number of hydrogen-bond acceptors (Lipinski definition) is 4. The van der Waals surface area contributed by atoms with E-state index in [0.29, 0.717) is 11.3 Å². The summed E-state index contributed by atoms with van der Waals surface area (Å²) in [5, 5.41) is 5.38. The maximum atomic E-state index is 12.2. The lowest BCUT2D eigenvalue weighted by molar-refractivity contribution is -0.147. The Bertz CT molecular complexity index is 883. The van der Waals surface area contributed by atoms with Gasteiger partial charge in [-0.2, -0.15) is 0 Å². The smallest absolute Gasteiger partial charge is 0.308 e. The predicted molar refractivity (Wildman–Crippen MR) is 118 cm³/mol. The Morgan fingerprint density at radius 3 is 2.33 bits per heavy atom. The van der Waals surface area contributed by atoms with E-state index in [4.69, 9.17) is 4.74 Å². The van der Waals surface area contributed by atoms with E-state index in [1.807, 2.05) is 37.3 Å². The summed E-state index contributed by atoms with van der Waals surface area (Å²) in [6.07, 6.45) is 0.857. The van der Waals surface area contributed by atoms with Crippen LogP contribution in [0, 0.1) is 0 Å². The van der Waals surface area contributed by atoms with Crippen LogP contribution >= 0.6 is 0 Å². The predicted octanol–water partition coefficient (Wildman–Crippen LogP) is 3.85. The summed E-state index contributed by atoms with van der Waals surface area (Å²) >= 11 is 0. The number of aryl methyl sites for hydroxylation is 1. The van der Waals surface area contributed by atoms with Gasteiger partial charge in [-0.15, -0.1) is 0 Å². The normalized spacial score (nSPS) is 10.9. The van der Waals surface area contributed by atoms with Crippen molar-refractivity contribution in [2.24, 2.45) is 0 Å². The van der Waals surface area contributed by atoms with E-state index in [1.165, 1.54) is 0 Å². The molecule has 0 heterocycles. The van der Waals surface area contributed by atoms with Crippen LogP contribution in [0.15, 0.2) is 48.5 Å². The second kappa shape index (κ2) is 10.6. The number of rotatable bonds is 8. The molecule has 0 spiro atoms. The average Bonchev–Trinajstić information content (AvgIpc) is 2.71. The Hall–Kier alpha value is -3.15. The maximum Gasteiger partial charge on any atom is 0.308 e. The van der Waals surface area contributed by atoms with Crippen LogP contribution in [0.3, 0.4) is 0 Å². The Labute approximate surface area is 178 Å². The lowest BCUT2D eigenvalue weighted by Crippen LogP contribution is -2.27. The second-order valence-corrected chi connectivity index (χ2v) is 8.10. The van der Waals surface area contributed by atoms with Crippen molar-refractivity contribution in [2.45, 2.75) is 46.0 Å². The Balaban J connectivity index is 1.70. The van der Waals surface area contributed by atoms with Gasteiger partial charge in [-0.3, -0.25) is 14.4 Å². The van der Waals surface area contributed by atoms with Crippen LogP contribution in [0.5, 0.6) is 0 Å². The van der Waals surface area contributed by atoms with Gasteiger partial charge in [0.2, 0.25) is 0 Å². The number of carbonyl (C=O) groups is 3.